The molecule has 0 saturated heterocycles. The van der Waals surface area contributed by atoms with E-state index in [0.29, 0.717) is 25.9 Å². The number of aliphatic hydroxyl groups is 2. The second kappa shape index (κ2) is 77.8. The lowest BCUT2D eigenvalue weighted by molar-refractivity contribution is -0.143. The average molecular weight is 1240 g/mol. The van der Waals surface area contributed by atoms with Gasteiger partial charge in [-0.25, -0.2) is 0 Å². The molecule has 0 aliphatic rings. The molecule has 0 saturated carbocycles. The Morgan fingerprint density at radius 1 is 0.307 bits per heavy atom. The molecule has 0 aliphatic carbocycles. The van der Waals surface area contributed by atoms with Crippen LogP contribution in [0.15, 0.2) is 24.3 Å². The number of hydrogen-bond donors (Lipinski definition) is 3. The third kappa shape index (κ3) is 73.4. The van der Waals surface area contributed by atoms with Gasteiger partial charge in [0.2, 0.25) is 5.91 Å². The van der Waals surface area contributed by atoms with Crippen molar-refractivity contribution in [1.82, 2.24) is 5.32 Å². The Morgan fingerprint density at radius 2 is 0.534 bits per heavy atom. The first-order valence-corrected chi connectivity index (χ1v) is 40.6. The first kappa shape index (κ1) is 86.3. The summed E-state index contributed by atoms with van der Waals surface area (Å²) in [7, 11) is 0. The van der Waals surface area contributed by atoms with Crippen molar-refractivity contribution in [1.29, 1.82) is 0 Å². The Balaban J connectivity index is 3.34. The summed E-state index contributed by atoms with van der Waals surface area (Å²) < 4.78 is 5.48. The summed E-state index contributed by atoms with van der Waals surface area (Å²) in [5.41, 5.74) is 0. The number of nitrogens with one attached hydrogen (secondary N) is 1. The molecule has 1 amide bonds. The molecule has 0 radical (unpaired) electrons. The second-order valence-corrected chi connectivity index (χ2v) is 28.1. The Hall–Kier alpha value is -1.66. The van der Waals surface area contributed by atoms with Crippen LogP contribution in [-0.4, -0.2) is 47.4 Å². The molecule has 88 heavy (non-hydrogen) atoms. The van der Waals surface area contributed by atoms with Gasteiger partial charge in [-0.15, -0.1) is 0 Å². The number of allylic oxidation sites excluding steroid dienone is 4. The summed E-state index contributed by atoms with van der Waals surface area (Å²) in [5, 5.41) is 23.5. The highest BCUT2D eigenvalue weighted by molar-refractivity contribution is 5.76. The van der Waals surface area contributed by atoms with E-state index < -0.39 is 12.1 Å². The highest BCUT2D eigenvalue weighted by Crippen LogP contribution is 2.20. The number of carbonyl (C=O) groups is 2. The average Bonchev–Trinajstić information content (AvgIpc) is 3.55. The molecule has 0 fully saturated rings. The van der Waals surface area contributed by atoms with Crippen molar-refractivity contribution in [3.05, 3.63) is 24.3 Å². The molecule has 2 unspecified atom stereocenters. The third-order valence-corrected chi connectivity index (χ3v) is 19.2. The number of ether oxygens (including phenoxy) is 1. The zero-order valence-electron chi connectivity index (χ0n) is 60.0. The molecule has 0 aromatic heterocycles. The minimum absolute atomic E-state index is 0.0121. The van der Waals surface area contributed by atoms with Crippen LogP contribution in [0.5, 0.6) is 0 Å². The zero-order valence-corrected chi connectivity index (χ0v) is 60.0. The molecule has 0 spiro atoms. The smallest absolute Gasteiger partial charge is 0.305 e. The largest absolute Gasteiger partial charge is 0.466 e. The molecule has 0 rings (SSSR count). The Bertz CT molecular complexity index is 1380. The molecule has 0 bridgehead atoms. The fourth-order valence-corrected chi connectivity index (χ4v) is 13.0. The molecular formula is C82H159NO5. The van der Waals surface area contributed by atoms with Crippen molar-refractivity contribution < 1.29 is 24.5 Å². The van der Waals surface area contributed by atoms with E-state index in [9.17, 15) is 19.8 Å². The van der Waals surface area contributed by atoms with Gasteiger partial charge in [0, 0.05) is 12.8 Å². The van der Waals surface area contributed by atoms with Gasteiger partial charge in [0.15, 0.2) is 0 Å². The van der Waals surface area contributed by atoms with Gasteiger partial charge in [-0.1, -0.05) is 398 Å². The Kier molecular flexibility index (Phi) is 76.3. The van der Waals surface area contributed by atoms with Gasteiger partial charge in [0.1, 0.15) is 0 Å². The molecule has 0 aromatic carbocycles. The molecule has 6 heteroatoms. The maximum Gasteiger partial charge on any atom is 0.305 e. The number of esters is 1. The summed E-state index contributed by atoms with van der Waals surface area (Å²) in [5.74, 6) is -0.0132. The van der Waals surface area contributed by atoms with Gasteiger partial charge >= 0.3 is 5.97 Å². The van der Waals surface area contributed by atoms with Crippen molar-refractivity contribution in [3.8, 4) is 0 Å². The van der Waals surface area contributed by atoms with Crippen LogP contribution < -0.4 is 5.32 Å². The number of aliphatic hydroxyl groups excluding tert-OH is 2. The number of hydrogen-bond acceptors (Lipinski definition) is 5. The lowest BCUT2D eigenvalue weighted by Gasteiger charge is -2.22. The van der Waals surface area contributed by atoms with Crippen molar-refractivity contribution in [2.75, 3.05) is 13.2 Å². The van der Waals surface area contributed by atoms with Crippen LogP contribution in [-0.2, 0) is 14.3 Å². The fraction of sp³-hybridized carbons (Fsp3) is 0.927. The summed E-state index contributed by atoms with van der Waals surface area (Å²) in [6, 6.07) is -0.539. The summed E-state index contributed by atoms with van der Waals surface area (Å²) in [4.78, 5) is 24.6. The minimum Gasteiger partial charge on any atom is -0.466 e. The minimum atomic E-state index is -0.662. The second-order valence-electron chi connectivity index (χ2n) is 28.1. The standard InChI is InChI=1S/C82H159NO5/c1-3-5-7-9-11-13-15-17-18-19-20-21-39-42-45-48-51-54-58-62-66-70-74-80(85)79(78-84)83-81(86)75-71-67-63-59-55-52-49-46-43-40-37-35-33-31-29-27-25-23-22-24-26-28-30-32-34-36-38-41-44-47-50-53-57-61-65-69-73-77-88-82(87)76-72-68-64-60-56-16-14-12-10-8-6-4-2/h12,14,22,24,79-80,84-85H,3-11,13,15-21,23,25-78H2,1-2H3,(H,83,86)/b14-12-,24-22-. The lowest BCUT2D eigenvalue weighted by Crippen LogP contribution is -2.45. The number of unbranched alkanes of at least 4 members (excludes halogenated alkanes) is 62. The maximum absolute atomic E-state index is 12.6. The molecular weight excluding hydrogens is 1080 g/mol. The van der Waals surface area contributed by atoms with Crippen LogP contribution in [0.1, 0.15) is 463 Å². The first-order valence-electron chi connectivity index (χ1n) is 40.6. The van der Waals surface area contributed by atoms with Gasteiger partial charge in [0.25, 0.3) is 0 Å². The zero-order chi connectivity index (χ0) is 63.5. The highest BCUT2D eigenvalue weighted by Gasteiger charge is 2.20. The van der Waals surface area contributed by atoms with Crippen molar-refractivity contribution in [2.24, 2.45) is 0 Å². The van der Waals surface area contributed by atoms with Crippen LogP contribution in [0.3, 0.4) is 0 Å². The van der Waals surface area contributed by atoms with E-state index in [-0.39, 0.29) is 18.5 Å². The van der Waals surface area contributed by atoms with Crippen molar-refractivity contribution >= 4 is 11.9 Å². The molecule has 522 valence electrons. The summed E-state index contributed by atoms with van der Waals surface area (Å²) in [6.07, 6.45) is 100. The quantitative estimate of drug-likeness (QED) is 0.0320. The van der Waals surface area contributed by atoms with Gasteiger partial charge in [-0.05, 0) is 77.0 Å². The van der Waals surface area contributed by atoms with E-state index in [0.717, 1.165) is 44.9 Å². The highest BCUT2D eigenvalue weighted by atomic mass is 16.5. The summed E-state index contributed by atoms with van der Waals surface area (Å²) >= 11 is 0. The van der Waals surface area contributed by atoms with E-state index >= 15 is 0 Å². The third-order valence-electron chi connectivity index (χ3n) is 19.2. The van der Waals surface area contributed by atoms with Crippen LogP contribution in [0.2, 0.25) is 0 Å². The molecule has 0 heterocycles. The molecule has 2 atom stereocenters. The normalized spacial score (nSPS) is 12.5. The van der Waals surface area contributed by atoms with Crippen molar-refractivity contribution in [2.45, 2.75) is 475 Å². The molecule has 6 nitrogen and oxygen atoms in total. The van der Waals surface area contributed by atoms with Crippen LogP contribution in [0.4, 0.5) is 0 Å². The SMILES string of the molecule is CCCCC/C=C\CCCCCCCC(=O)OCCCCCCCCCCCCCCCCCC/C=C\CCCCCCCCCCCCCCCCCCCC(=O)NC(CO)C(O)CCCCCCCCCCCCCCCCCCCCCCCC. The lowest BCUT2D eigenvalue weighted by atomic mass is 10.0. The molecule has 0 aromatic rings. The molecule has 3 N–H and O–H groups in total. The van der Waals surface area contributed by atoms with E-state index in [4.69, 9.17) is 4.74 Å². The van der Waals surface area contributed by atoms with E-state index in [1.807, 2.05) is 0 Å². The van der Waals surface area contributed by atoms with Gasteiger partial charge < -0.3 is 20.3 Å². The predicted molar refractivity (Wildman–Crippen MR) is 389 cm³/mol. The fourth-order valence-electron chi connectivity index (χ4n) is 13.0. The maximum atomic E-state index is 12.6. The van der Waals surface area contributed by atoms with Crippen LogP contribution >= 0.6 is 0 Å². The van der Waals surface area contributed by atoms with Crippen LogP contribution in [0.25, 0.3) is 0 Å². The van der Waals surface area contributed by atoms with E-state index in [1.165, 1.54) is 385 Å². The van der Waals surface area contributed by atoms with Crippen molar-refractivity contribution in [3.63, 3.8) is 0 Å². The number of amides is 1. The number of rotatable bonds is 77. The Labute approximate surface area is 551 Å². The summed E-state index contributed by atoms with van der Waals surface area (Å²) in [6.45, 7) is 4.98. The monoisotopic (exact) mass is 1240 g/mol. The predicted octanol–water partition coefficient (Wildman–Crippen LogP) is 26.8. The topological polar surface area (TPSA) is 95.9 Å². The van der Waals surface area contributed by atoms with E-state index in [2.05, 4.69) is 43.5 Å². The van der Waals surface area contributed by atoms with Gasteiger partial charge in [0.05, 0.1) is 25.4 Å². The van der Waals surface area contributed by atoms with Gasteiger partial charge in [-0.3, -0.25) is 9.59 Å². The number of carbonyl (C=O) groups excluding carboxylic acids is 2. The first-order chi connectivity index (χ1) is 43.5. The molecule has 0 aliphatic heterocycles. The van der Waals surface area contributed by atoms with E-state index in [1.54, 1.807) is 0 Å². The Morgan fingerprint density at radius 3 is 0.830 bits per heavy atom. The van der Waals surface area contributed by atoms with Gasteiger partial charge in [-0.2, -0.15) is 0 Å². The van der Waals surface area contributed by atoms with Crippen LogP contribution in [0, 0.1) is 0 Å².